The lowest BCUT2D eigenvalue weighted by atomic mass is 10.2. The van der Waals surface area contributed by atoms with Gasteiger partial charge in [-0.05, 0) is 47.7 Å². The van der Waals surface area contributed by atoms with E-state index in [1.807, 2.05) is 18.2 Å². The third kappa shape index (κ3) is 4.41. The lowest BCUT2D eigenvalue weighted by molar-refractivity contribution is -0.115. The average molecular weight is 362 g/mol. The Morgan fingerprint density at radius 3 is 2.62 bits per heavy atom. The molecule has 2 aromatic rings. The summed E-state index contributed by atoms with van der Waals surface area (Å²) in [6.45, 7) is 0.202. The lowest BCUT2D eigenvalue weighted by Gasteiger charge is -2.02. The van der Waals surface area contributed by atoms with E-state index >= 15 is 0 Å². The van der Waals surface area contributed by atoms with Crippen molar-refractivity contribution in [2.24, 2.45) is 4.99 Å². The van der Waals surface area contributed by atoms with Crippen molar-refractivity contribution in [1.29, 1.82) is 0 Å². The van der Waals surface area contributed by atoms with Gasteiger partial charge in [0.15, 0.2) is 5.17 Å². The van der Waals surface area contributed by atoms with Crippen LogP contribution in [0.25, 0.3) is 6.08 Å². The van der Waals surface area contributed by atoms with Crippen LogP contribution in [0, 0.1) is 12.3 Å². The second-order valence-corrected chi connectivity index (χ2v) is 6.25. The summed E-state index contributed by atoms with van der Waals surface area (Å²) in [6.07, 6.45) is 6.87. The number of carbonyl (C=O) groups is 2. The van der Waals surface area contributed by atoms with Crippen molar-refractivity contribution in [2.45, 2.75) is 0 Å². The van der Waals surface area contributed by atoms with Crippen LogP contribution in [0.15, 0.2) is 64.5 Å². The normalized spacial score (nSPS) is 16.3. The maximum absolute atomic E-state index is 12.1. The molecule has 1 aliphatic heterocycles. The van der Waals surface area contributed by atoms with Gasteiger partial charge in [0, 0.05) is 5.56 Å². The van der Waals surface area contributed by atoms with E-state index in [4.69, 9.17) is 11.2 Å². The first kappa shape index (κ1) is 17.5. The van der Waals surface area contributed by atoms with Crippen molar-refractivity contribution in [3.63, 3.8) is 0 Å². The van der Waals surface area contributed by atoms with Gasteiger partial charge in [0.25, 0.3) is 11.8 Å². The Bertz CT molecular complexity index is 926. The van der Waals surface area contributed by atoms with Crippen molar-refractivity contribution in [1.82, 2.24) is 5.32 Å². The zero-order valence-corrected chi connectivity index (χ0v) is 14.5. The minimum absolute atomic E-state index is 0.202. The Labute approximate surface area is 155 Å². The van der Waals surface area contributed by atoms with E-state index in [2.05, 4.69) is 16.2 Å². The molecule has 6 heteroatoms. The van der Waals surface area contributed by atoms with Crippen LogP contribution in [0.4, 0.5) is 0 Å². The Morgan fingerprint density at radius 2 is 1.92 bits per heavy atom. The van der Waals surface area contributed by atoms with E-state index in [9.17, 15) is 9.59 Å². The third-order valence-electron chi connectivity index (χ3n) is 3.37. The Kier molecular flexibility index (Phi) is 5.52. The molecule has 2 amide bonds. The summed E-state index contributed by atoms with van der Waals surface area (Å²) in [5, 5.41) is 2.87. The molecule has 0 aliphatic carbocycles. The highest BCUT2D eigenvalue weighted by atomic mass is 32.2. The van der Waals surface area contributed by atoms with Gasteiger partial charge >= 0.3 is 0 Å². The summed E-state index contributed by atoms with van der Waals surface area (Å²) >= 11 is 1.13. The van der Waals surface area contributed by atoms with Crippen molar-refractivity contribution in [3.8, 4) is 18.1 Å². The smallest absolute Gasteiger partial charge is 0.279 e. The van der Waals surface area contributed by atoms with Crippen LogP contribution < -0.4 is 10.1 Å². The number of aliphatic imine (C=N–C) groups is 1. The highest BCUT2D eigenvalue weighted by Gasteiger charge is 2.24. The molecule has 1 fully saturated rings. The molecule has 26 heavy (non-hydrogen) atoms. The van der Waals surface area contributed by atoms with Gasteiger partial charge in [0.05, 0.1) is 4.91 Å². The monoisotopic (exact) mass is 362 g/mol. The van der Waals surface area contributed by atoms with E-state index in [1.165, 1.54) is 0 Å². The summed E-state index contributed by atoms with van der Waals surface area (Å²) in [4.78, 5) is 28.6. The van der Waals surface area contributed by atoms with Gasteiger partial charge in [-0.3, -0.25) is 9.59 Å². The maximum Gasteiger partial charge on any atom is 0.279 e. The molecule has 3 rings (SSSR count). The first-order chi connectivity index (χ1) is 12.7. The molecule has 1 N–H and O–H groups in total. The largest absolute Gasteiger partial charge is 0.481 e. The van der Waals surface area contributed by atoms with Crippen molar-refractivity contribution < 1.29 is 14.3 Å². The maximum atomic E-state index is 12.1. The predicted molar refractivity (Wildman–Crippen MR) is 103 cm³/mol. The van der Waals surface area contributed by atoms with Gasteiger partial charge in [-0.25, -0.2) is 0 Å². The number of benzene rings is 2. The lowest BCUT2D eigenvalue weighted by Crippen LogP contribution is -2.20. The van der Waals surface area contributed by atoms with Crippen LogP contribution in [0.3, 0.4) is 0 Å². The second-order valence-electron chi connectivity index (χ2n) is 5.21. The van der Waals surface area contributed by atoms with Gasteiger partial charge in [-0.1, -0.05) is 36.3 Å². The summed E-state index contributed by atoms with van der Waals surface area (Å²) in [5.41, 5.74) is 1.29. The van der Waals surface area contributed by atoms with E-state index in [1.54, 1.807) is 42.5 Å². The van der Waals surface area contributed by atoms with E-state index in [0.717, 1.165) is 17.3 Å². The van der Waals surface area contributed by atoms with Crippen molar-refractivity contribution in [3.05, 3.63) is 70.6 Å². The molecule has 0 atom stereocenters. The van der Waals surface area contributed by atoms with Crippen LogP contribution in [-0.4, -0.2) is 23.6 Å². The Morgan fingerprint density at radius 1 is 1.19 bits per heavy atom. The fraction of sp³-hybridized carbons (Fsp3) is 0.0500. The van der Waals surface area contributed by atoms with E-state index in [0.29, 0.717) is 16.2 Å². The molecular weight excluding hydrogens is 348 g/mol. The zero-order valence-electron chi connectivity index (χ0n) is 13.6. The molecule has 5 nitrogen and oxygen atoms in total. The molecule has 0 saturated carbocycles. The summed E-state index contributed by atoms with van der Waals surface area (Å²) in [5.74, 6) is 2.37. The van der Waals surface area contributed by atoms with Gasteiger partial charge in [0.2, 0.25) is 0 Å². The standard InChI is InChI=1S/C20H14N2O3S/c1-2-12-25-16-10-8-14(9-11-16)13-17-19(24)22-20(26-17)21-18(23)15-6-4-3-5-7-15/h1,3-11,13H,12H2,(H,21,22,23,24)/b17-13-. The van der Waals surface area contributed by atoms with Gasteiger partial charge in [0.1, 0.15) is 12.4 Å². The number of hydrogen-bond donors (Lipinski definition) is 1. The number of thioether (sulfide) groups is 1. The first-order valence-electron chi connectivity index (χ1n) is 7.71. The quantitative estimate of drug-likeness (QED) is 0.670. The van der Waals surface area contributed by atoms with E-state index < -0.39 is 5.91 Å². The van der Waals surface area contributed by atoms with Crippen LogP contribution in [0.5, 0.6) is 5.75 Å². The highest BCUT2D eigenvalue weighted by Crippen LogP contribution is 2.27. The number of rotatable bonds is 4. The number of amides is 2. The molecule has 0 unspecified atom stereocenters. The minimum Gasteiger partial charge on any atom is -0.481 e. The average Bonchev–Trinajstić information content (AvgIpc) is 3.00. The van der Waals surface area contributed by atoms with Crippen molar-refractivity contribution >= 4 is 34.8 Å². The molecule has 0 aromatic heterocycles. The molecule has 1 heterocycles. The molecule has 1 aliphatic rings. The number of nitrogens with zero attached hydrogens (tertiary/aromatic N) is 1. The van der Waals surface area contributed by atoms with Crippen LogP contribution in [0.1, 0.15) is 15.9 Å². The molecule has 1 saturated heterocycles. The summed E-state index contributed by atoms with van der Waals surface area (Å²) in [6, 6.07) is 15.9. The molecule has 0 bridgehead atoms. The molecule has 0 spiro atoms. The number of amidine groups is 1. The number of ether oxygens (including phenoxy) is 1. The molecule has 2 aromatic carbocycles. The summed E-state index contributed by atoms with van der Waals surface area (Å²) < 4.78 is 5.31. The van der Waals surface area contributed by atoms with Crippen LogP contribution in [-0.2, 0) is 4.79 Å². The number of hydrogen-bond acceptors (Lipinski definition) is 4. The Balaban J connectivity index is 1.71. The SMILES string of the molecule is C#CCOc1ccc(/C=C2\SC(=NC(=O)c3ccccc3)NC2=O)cc1. The predicted octanol–water partition coefficient (Wildman–Crippen LogP) is 3.10. The van der Waals surface area contributed by atoms with Crippen LogP contribution >= 0.6 is 11.8 Å². The first-order valence-corrected chi connectivity index (χ1v) is 8.52. The second kappa shape index (κ2) is 8.19. The minimum atomic E-state index is -0.398. The fourth-order valence-corrected chi connectivity index (χ4v) is 2.97. The molecule has 0 radical (unpaired) electrons. The van der Waals surface area contributed by atoms with Crippen LogP contribution in [0.2, 0.25) is 0 Å². The zero-order chi connectivity index (χ0) is 18.4. The van der Waals surface area contributed by atoms with E-state index in [-0.39, 0.29) is 17.7 Å². The van der Waals surface area contributed by atoms with Crippen molar-refractivity contribution in [2.75, 3.05) is 6.61 Å². The summed E-state index contributed by atoms with van der Waals surface area (Å²) in [7, 11) is 0. The Hall–Kier alpha value is -3.30. The topological polar surface area (TPSA) is 67.8 Å². The fourth-order valence-electron chi connectivity index (χ4n) is 2.15. The highest BCUT2D eigenvalue weighted by molar-refractivity contribution is 8.18. The number of nitrogens with one attached hydrogen (secondary N) is 1. The molecular formula is C20H14N2O3S. The van der Waals surface area contributed by atoms with Gasteiger partial charge in [-0.15, -0.1) is 6.42 Å². The van der Waals surface area contributed by atoms with Gasteiger partial charge < -0.3 is 10.1 Å². The van der Waals surface area contributed by atoms with Gasteiger partial charge in [-0.2, -0.15) is 4.99 Å². The molecule has 128 valence electrons. The number of carbonyl (C=O) groups excluding carboxylic acids is 2. The third-order valence-corrected chi connectivity index (χ3v) is 4.28. The number of terminal acetylenes is 1.